The van der Waals surface area contributed by atoms with E-state index in [1.54, 1.807) is 0 Å². The number of hydrogen-bond acceptors (Lipinski definition) is 3. The second-order valence-corrected chi connectivity index (χ2v) is 5.90. The summed E-state index contributed by atoms with van der Waals surface area (Å²) in [6.07, 6.45) is -1.36. The minimum atomic E-state index is -4.29. The van der Waals surface area contributed by atoms with Crippen molar-refractivity contribution in [1.29, 1.82) is 0 Å². The lowest BCUT2D eigenvalue weighted by Crippen LogP contribution is -2.24. The lowest BCUT2D eigenvalue weighted by molar-refractivity contribution is -0.137. The Morgan fingerprint density at radius 1 is 1.05 bits per heavy atom. The molecule has 1 aromatic carbocycles. The highest BCUT2D eigenvalue weighted by Crippen LogP contribution is 2.30. The predicted octanol–water partition coefficient (Wildman–Crippen LogP) is 4.75. The van der Waals surface area contributed by atoms with E-state index in [0.29, 0.717) is 5.92 Å². The van der Waals surface area contributed by atoms with Crippen molar-refractivity contribution in [3.8, 4) is 0 Å². The Kier molecular flexibility index (Phi) is 7.39. The van der Waals surface area contributed by atoms with Crippen LogP contribution in [-0.2, 0) is 6.18 Å². The summed E-state index contributed by atoms with van der Waals surface area (Å²) in [5.41, 5.74) is 0.0970. The number of benzene rings is 1. The quantitative estimate of drug-likeness (QED) is 0.602. The van der Waals surface area contributed by atoms with Gasteiger partial charge in [-0.15, -0.1) is 0 Å². The van der Waals surface area contributed by atoms with Gasteiger partial charge in [0, 0.05) is 18.3 Å². The lowest BCUT2D eigenvalue weighted by Gasteiger charge is -2.21. The number of alkyl halides is 3. The van der Waals surface area contributed by atoms with Crippen LogP contribution in [0, 0.1) is 5.92 Å². The van der Waals surface area contributed by atoms with Crippen LogP contribution in [0.1, 0.15) is 38.7 Å². The average molecular weight is 320 g/mol. The molecule has 2 N–H and O–H groups in total. The molecule has 0 bridgehead atoms. The number of nitrogens with one attached hydrogen (secondary N) is 2. The molecule has 1 aromatic rings. The Morgan fingerprint density at radius 2 is 1.67 bits per heavy atom. The van der Waals surface area contributed by atoms with Crippen LogP contribution in [0.15, 0.2) is 24.3 Å². The first-order valence-electron chi connectivity index (χ1n) is 7.13. The standard InChI is InChI=1S/C15H23F3N2S/c1-11(2)3-6-14(9-10-19-21)20-13-7-4-12(5-8-13)15(16,17)18/h4-5,7-8,11,14,19-21H,3,6,9-10H2,1-2H3. The number of rotatable bonds is 8. The van der Waals surface area contributed by atoms with Gasteiger partial charge in [-0.25, -0.2) is 0 Å². The Bertz CT molecular complexity index is 404. The summed E-state index contributed by atoms with van der Waals surface area (Å²) in [5, 5.41) is 3.31. The van der Waals surface area contributed by atoms with Gasteiger partial charge in [0.15, 0.2) is 0 Å². The van der Waals surface area contributed by atoms with Gasteiger partial charge in [0.1, 0.15) is 0 Å². The van der Waals surface area contributed by atoms with E-state index < -0.39 is 11.7 Å². The smallest absolute Gasteiger partial charge is 0.382 e. The molecule has 0 radical (unpaired) electrons. The van der Waals surface area contributed by atoms with Gasteiger partial charge in [0.2, 0.25) is 0 Å². The molecule has 0 aliphatic rings. The van der Waals surface area contributed by atoms with E-state index in [1.165, 1.54) is 12.1 Å². The molecule has 0 saturated heterocycles. The minimum absolute atomic E-state index is 0.226. The maximum absolute atomic E-state index is 12.5. The number of anilines is 1. The monoisotopic (exact) mass is 320 g/mol. The van der Waals surface area contributed by atoms with Crippen LogP contribution in [0.4, 0.5) is 18.9 Å². The topological polar surface area (TPSA) is 24.1 Å². The highest BCUT2D eigenvalue weighted by atomic mass is 32.1. The van der Waals surface area contributed by atoms with Crippen LogP contribution in [0.25, 0.3) is 0 Å². The maximum atomic E-state index is 12.5. The fraction of sp³-hybridized carbons (Fsp3) is 0.600. The normalized spacial score (nSPS) is 13.5. The van der Waals surface area contributed by atoms with Gasteiger partial charge < -0.3 is 5.32 Å². The molecule has 1 atom stereocenters. The lowest BCUT2D eigenvalue weighted by atomic mass is 10.0. The van der Waals surface area contributed by atoms with Crippen LogP contribution in [-0.4, -0.2) is 12.6 Å². The Balaban J connectivity index is 2.64. The molecule has 1 unspecified atom stereocenters. The van der Waals surface area contributed by atoms with Crippen molar-refractivity contribution in [2.45, 2.75) is 45.3 Å². The van der Waals surface area contributed by atoms with Gasteiger partial charge in [0.05, 0.1) is 5.56 Å². The van der Waals surface area contributed by atoms with Gasteiger partial charge in [0.25, 0.3) is 0 Å². The molecule has 0 amide bonds. The molecular formula is C15H23F3N2S. The van der Waals surface area contributed by atoms with Crippen LogP contribution in [0.3, 0.4) is 0 Å². The molecule has 0 aromatic heterocycles. The summed E-state index contributed by atoms with van der Waals surface area (Å²) in [4.78, 5) is 0. The third-order valence-corrected chi connectivity index (χ3v) is 3.50. The maximum Gasteiger partial charge on any atom is 0.416 e. The summed E-state index contributed by atoms with van der Waals surface area (Å²) < 4.78 is 40.4. The SMILES string of the molecule is CC(C)CCC(CCNS)Nc1ccc(C(F)(F)F)cc1. The molecule has 0 fully saturated rings. The minimum Gasteiger partial charge on any atom is -0.382 e. The van der Waals surface area contributed by atoms with Crippen molar-refractivity contribution in [2.75, 3.05) is 11.9 Å². The van der Waals surface area contributed by atoms with E-state index in [0.717, 1.165) is 43.6 Å². The van der Waals surface area contributed by atoms with Gasteiger partial charge in [-0.1, -0.05) is 26.7 Å². The van der Waals surface area contributed by atoms with Crippen LogP contribution >= 0.6 is 12.8 Å². The second-order valence-electron chi connectivity index (χ2n) is 5.58. The molecule has 6 heteroatoms. The van der Waals surface area contributed by atoms with Gasteiger partial charge in [-0.05, 0) is 49.4 Å². The van der Waals surface area contributed by atoms with Crippen LogP contribution < -0.4 is 10.0 Å². The summed E-state index contributed by atoms with van der Waals surface area (Å²) in [6, 6.07) is 5.42. The van der Waals surface area contributed by atoms with Crippen molar-refractivity contribution in [2.24, 2.45) is 5.92 Å². The van der Waals surface area contributed by atoms with E-state index >= 15 is 0 Å². The Labute approximate surface area is 130 Å². The molecule has 0 aliphatic carbocycles. The van der Waals surface area contributed by atoms with Crippen LogP contribution in [0.5, 0.6) is 0 Å². The molecule has 21 heavy (non-hydrogen) atoms. The second kappa shape index (κ2) is 8.54. The van der Waals surface area contributed by atoms with Gasteiger partial charge in [-0.2, -0.15) is 13.2 Å². The fourth-order valence-corrected chi connectivity index (χ4v) is 2.18. The van der Waals surface area contributed by atoms with E-state index in [-0.39, 0.29) is 6.04 Å². The van der Waals surface area contributed by atoms with Crippen molar-refractivity contribution >= 4 is 18.5 Å². The molecule has 0 aliphatic heterocycles. The highest BCUT2D eigenvalue weighted by Gasteiger charge is 2.29. The number of thiol groups is 1. The fourth-order valence-electron chi connectivity index (χ4n) is 2.05. The van der Waals surface area contributed by atoms with E-state index in [1.807, 2.05) is 0 Å². The Hall–Kier alpha value is -0.880. The van der Waals surface area contributed by atoms with Crippen molar-refractivity contribution in [3.05, 3.63) is 29.8 Å². The summed E-state index contributed by atoms with van der Waals surface area (Å²) in [5.74, 6) is 0.603. The van der Waals surface area contributed by atoms with Crippen molar-refractivity contribution < 1.29 is 13.2 Å². The predicted molar refractivity (Wildman–Crippen MR) is 84.5 cm³/mol. The van der Waals surface area contributed by atoms with Gasteiger partial charge in [-0.3, -0.25) is 4.72 Å². The third kappa shape index (κ3) is 7.09. The van der Waals surface area contributed by atoms with Gasteiger partial charge >= 0.3 is 6.18 Å². The summed E-state index contributed by atoms with van der Waals surface area (Å²) in [6.45, 7) is 5.07. The molecule has 1 rings (SSSR count). The van der Waals surface area contributed by atoms with Crippen molar-refractivity contribution in [3.63, 3.8) is 0 Å². The molecule has 120 valence electrons. The zero-order valence-corrected chi connectivity index (χ0v) is 13.3. The molecule has 0 saturated carbocycles. The van der Waals surface area contributed by atoms with E-state index in [4.69, 9.17) is 0 Å². The first-order chi connectivity index (χ1) is 9.82. The third-order valence-electron chi connectivity index (χ3n) is 3.28. The number of hydrogen-bond donors (Lipinski definition) is 3. The molecule has 0 heterocycles. The summed E-state index contributed by atoms with van der Waals surface area (Å²) >= 11 is 3.97. The molecular weight excluding hydrogens is 297 g/mol. The van der Waals surface area contributed by atoms with Crippen LogP contribution in [0.2, 0.25) is 0 Å². The largest absolute Gasteiger partial charge is 0.416 e. The summed E-state index contributed by atoms with van der Waals surface area (Å²) in [7, 11) is 0. The zero-order valence-electron chi connectivity index (χ0n) is 12.4. The van der Waals surface area contributed by atoms with E-state index in [9.17, 15) is 13.2 Å². The average Bonchev–Trinajstić information content (AvgIpc) is 2.41. The Morgan fingerprint density at radius 3 is 2.14 bits per heavy atom. The molecule has 0 spiro atoms. The van der Waals surface area contributed by atoms with E-state index in [2.05, 4.69) is 36.7 Å². The number of halogens is 3. The first kappa shape index (κ1) is 18.2. The zero-order chi connectivity index (χ0) is 15.9. The van der Waals surface area contributed by atoms with Crippen molar-refractivity contribution in [1.82, 2.24) is 4.72 Å². The first-order valence-corrected chi connectivity index (χ1v) is 7.58. The highest BCUT2D eigenvalue weighted by molar-refractivity contribution is 7.78. The molecule has 2 nitrogen and oxygen atoms in total.